The van der Waals surface area contributed by atoms with Crippen molar-refractivity contribution in [2.24, 2.45) is 7.05 Å². The molecule has 0 aromatic carbocycles. The van der Waals surface area contributed by atoms with Crippen LogP contribution in [0.5, 0.6) is 0 Å². The molecule has 2 rings (SSSR count). The Bertz CT molecular complexity index is 758. The summed E-state index contributed by atoms with van der Waals surface area (Å²) in [6, 6.07) is 3.76. The lowest BCUT2D eigenvalue weighted by Crippen LogP contribution is -2.38. The van der Waals surface area contributed by atoms with Crippen molar-refractivity contribution in [2.45, 2.75) is 6.54 Å². The number of nitrogens with zero attached hydrogens (tertiary/aromatic N) is 4. The Morgan fingerprint density at radius 3 is 2.71 bits per heavy atom. The standard InChI is InChI=1S/C11H17N5O3S2/c1-14(2)21(18,19)12-6-7-16-11(17)15(3)10(13-16)9-5-4-8-20-9/h4-5,8,12H,6-7H2,1-3H3. The first-order valence-electron chi connectivity index (χ1n) is 6.18. The maximum atomic E-state index is 12.1. The van der Waals surface area contributed by atoms with Crippen molar-refractivity contribution in [1.82, 2.24) is 23.4 Å². The van der Waals surface area contributed by atoms with Crippen molar-refractivity contribution in [1.29, 1.82) is 0 Å². The van der Waals surface area contributed by atoms with Gasteiger partial charge in [-0.05, 0) is 11.4 Å². The van der Waals surface area contributed by atoms with Gasteiger partial charge in [0.1, 0.15) is 0 Å². The lowest BCUT2D eigenvalue weighted by Gasteiger charge is -2.11. The van der Waals surface area contributed by atoms with Crippen LogP contribution < -0.4 is 10.4 Å². The molecule has 21 heavy (non-hydrogen) atoms. The molecule has 0 unspecified atom stereocenters. The van der Waals surface area contributed by atoms with Crippen LogP contribution in [0.25, 0.3) is 10.7 Å². The molecule has 2 aromatic heterocycles. The summed E-state index contributed by atoms with van der Waals surface area (Å²) < 4.78 is 29.3. The maximum Gasteiger partial charge on any atom is 0.345 e. The summed E-state index contributed by atoms with van der Waals surface area (Å²) in [6.45, 7) is 0.270. The Balaban J connectivity index is 2.12. The fourth-order valence-corrected chi connectivity index (χ4v) is 3.02. The van der Waals surface area contributed by atoms with Crippen LogP contribution in [0.4, 0.5) is 0 Å². The largest absolute Gasteiger partial charge is 0.345 e. The van der Waals surface area contributed by atoms with Gasteiger partial charge in [0, 0.05) is 27.7 Å². The highest BCUT2D eigenvalue weighted by Crippen LogP contribution is 2.20. The molecule has 0 aliphatic rings. The van der Waals surface area contributed by atoms with Gasteiger partial charge < -0.3 is 0 Å². The highest BCUT2D eigenvalue weighted by Gasteiger charge is 2.15. The zero-order chi connectivity index (χ0) is 15.6. The van der Waals surface area contributed by atoms with E-state index in [-0.39, 0.29) is 18.8 Å². The fraction of sp³-hybridized carbons (Fsp3) is 0.455. The van der Waals surface area contributed by atoms with Crippen molar-refractivity contribution in [3.05, 3.63) is 28.0 Å². The van der Waals surface area contributed by atoms with Crippen LogP contribution in [0.1, 0.15) is 0 Å². The number of hydrogen-bond donors (Lipinski definition) is 1. The van der Waals surface area contributed by atoms with Gasteiger partial charge in [-0.15, -0.1) is 16.4 Å². The molecule has 0 fully saturated rings. The van der Waals surface area contributed by atoms with E-state index in [1.54, 1.807) is 7.05 Å². The van der Waals surface area contributed by atoms with Crippen molar-refractivity contribution < 1.29 is 8.42 Å². The summed E-state index contributed by atoms with van der Waals surface area (Å²) in [7, 11) is 1.02. The van der Waals surface area contributed by atoms with Crippen LogP contribution >= 0.6 is 11.3 Å². The van der Waals surface area contributed by atoms with E-state index in [4.69, 9.17) is 0 Å². The first-order valence-corrected chi connectivity index (χ1v) is 8.49. The predicted octanol–water partition coefficient (Wildman–Crippen LogP) is -0.294. The van der Waals surface area contributed by atoms with Crippen molar-refractivity contribution >= 4 is 21.5 Å². The SMILES string of the molecule is CN(C)S(=O)(=O)NCCn1nc(-c2cccs2)n(C)c1=O. The molecule has 2 heterocycles. The third-order valence-electron chi connectivity index (χ3n) is 2.87. The van der Waals surface area contributed by atoms with Gasteiger partial charge in [0.25, 0.3) is 10.2 Å². The van der Waals surface area contributed by atoms with Crippen LogP contribution in [-0.2, 0) is 23.8 Å². The zero-order valence-corrected chi connectivity index (χ0v) is 13.6. The molecule has 10 heteroatoms. The van der Waals surface area contributed by atoms with E-state index in [0.29, 0.717) is 5.82 Å². The van der Waals surface area contributed by atoms with Crippen molar-refractivity contribution in [3.63, 3.8) is 0 Å². The van der Waals surface area contributed by atoms with Gasteiger partial charge in [-0.1, -0.05) is 6.07 Å². The molecule has 0 amide bonds. The van der Waals surface area contributed by atoms with Gasteiger partial charge in [-0.25, -0.2) is 14.2 Å². The lowest BCUT2D eigenvalue weighted by molar-refractivity contribution is 0.495. The molecule has 0 saturated heterocycles. The fourth-order valence-electron chi connectivity index (χ4n) is 1.66. The smallest absolute Gasteiger partial charge is 0.277 e. The average Bonchev–Trinajstić information content (AvgIpc) is 3.02. The second kappa shape index (κ2) is 6.10. The van der Waals surface area contributed by atoms with E-state index in [1.807, 2.05) is 17.5 Å². The summed E-state index contributed by atoms with van der Waals surface area (Å²) >= 11 is 1.49. The van der Waals surface area contributed by atoms with E-state index in [0.717, 1.165) is 9.18 Å². The predicted molar refractivity (Wildman–Crippen MR) is 81.4 cm³/mol. The molecule has 116 valence electrons. The summed E-state index contributed by atoms with van der Waals surface area (Å²) in [5, 5.41) is 6.15. The number of thiophene rings is 1. The lowest BCUT2D eigenvalue weighted by atomic mass is 10.4. The third-order valence-corrected chi connectivity index (χ3v) is 5.27. The molecule has 8 nitrogen and oxygen atoms in total. The molecule has 0 bridgehead atoms. The normalized spacial score (nSPS) is 12.2. The monoisotopic (exact) mass is 331 g/mol. The minimum atomic E-state index is -3.49. The molecule has 1 N–H and O–H groups in total. The molecule has 0 spiro atoms. The van der Waals surface area contributed by atoms with E-state index in [9.17, 15) is 13.2 Å². The average molecular weight is 331 g/mol. The zero-order valence-electron chi connectivity index (χ0n) is 12.0. The quantitative estimate of drug-likeness (QED) is 0.787. The first-order chi connectivity index (χ1) is 9.83. The van der Waals surface area contributed by atoms with Gasteiger partial charge in [-0.2, -0.15) is 12.7 Å². The van der Waals surface area contributed by atoms with Crippen LogP contribution in [0.15, 0.2) is 22.3 Å². The van der Waals surface area contributed by atoms with Crippen molar-refractivity contribution in [3.8, 4) is 10.7 Å². The molecule has 0 atom stereocenters. The Morgan fingerprint density at radius 2 is 2.14 bits per heavy atom. The van der Waals surface area contributed by atoms with Crippen LogP contribution in [0.3, 0.4) is 0 Å². The number of nitrogens with one attached hydrogen (secondary N) is 1. The van der Waals surface area contributed by atoms with Gasteiger partial charge in [-0.3, -0.25) is 4.57 Å². The van der Waals surface area contributed by atoms with Crippen molar-refractivity contribution in [2.75, 3.05) is 20.6 Å². The highest BCUT2D eigenvalue weighted by atomic mass is 32.2. The Kier molecular flexibility index (Phi) is 4.61. The second-order valence-corrected chi connectivity index (χ2v) is 7.46. The Morgan fingerprint density at radius 1 is 1.43 bits per heavy atom. The van der Waals surface area contributed by atoms with E-state index in [2.05, 4.69) is 9.82 Å². The van der Waals surface area contributed by atoms with Gasteiger partial charge in [0.2, 0.25) is 0 Å². The minimum absolute atomic E-state index is 0.0985. The topological polar surface area (TPSA) is 89.2 Å². The van der Waals surface area contributed by atoms with E-state index in [1.165, 1.54) is 34.7 Å². The third kappa shape index (κ3) is 3.40. The molecule has 2 aromatic rings. The van der Waals surface area contributed by atoms with E-state index >= 15 is 0 Å². The summed E-state index contributed by atoms with van der Waals surface area (Å²) in [4.78, 5) is 12.9. The van der Waals surface area contributed by atoms with Crippen LogP contribution in [0, 0.1) is 0 Å². The molecule has 0 saturated carbocycles. The van der Waals surface area contributed by atoms with Gasteiger partial charge in [0.15, 0.2) is 5.82 Å². The second-order valence-electron chi connectivity index (χ2n) is 4.55. The highest BCUT2D eigenvalue weighted by molar-refractivity contribution is 7.87. The molecular weight excluding hydrogens is 314 g/mol. The van der Waals surface area contributed by atoms with Crippen LogP contribution in [-0.4, -0.2) is 47.7 Å². The summed E-state index contributed by atoms with van der Waals surface area (Å²) in [5.74, 6) is 0.575. The Hall–Kier alpha value is -1.49. The summed E-state index contributed by atoms with van der Waals surface area (Å²) in [6.07, 6.45) is 0. The molecule has 0 radical (unpaired) electrons. The maximum absolute atomic E-state index is 12.1. The number of hydrogen-bond acceptors (Lipinski definition) is 5. The van der Waals surface area contributed by atoms with E-state index < -0.39 is 10.2 Å². The van der Waals surface area contributed by atoms with Crippen LogP contribution in [0.2, 0.25) is 0 Å². The Labute approximate surface area is 126 Å². The molecular formula is C11H17N5O3S2. The van der Waals surface area contributed by atoms with Gasteiger partial charge in [0.05, 0.1) is 11.4 Å². The number of rotatable bonds is 6. The molecule has 0 aliphatic heterocycles. The van der Waals surface area contributed by atoms with Gasteiger partial charge >= 0.3 is 5.69 Å². The minimum Gasteiger partial charge on any atom is -0.277 e. The first kappa shape index (κ1) is 15.9. The number of aromatic nitrogens is 3. The molecule has 0 aliphatic carbocycles. The summed E-state index contributed by atoms with van der Waals surface area (Å²) in [5.41, 5.74) is -0.276.